The lowest BCUT2D eigenvalue weighted by Crippen LogP contribution is -2.43. The zero-order valence-corrected chi connectivity index (χ0v) is 15.3. The third kappa shape index (κ3) is 3.33. The van der Waals surface area contributed by atoms with Gasteiger partial charge in [-0.25, -0.2) is 5.43 Å². The smallest absolute Gasteiger partial charge is 0.282 e. The van der Waals surface area contributed by atoms with Gasteiger partial charge in [-0.2, -0.15) is 0 Å². The predicted octanol–water partition coefficient (Wildman–Crippen LogP) is 3.37. The molecule has 0 aliphatic rings. The number of benzene rings is 2. The summed E-state index contributed by atoms with van der Waals surface area (Å²) in [6, 6.07) is 19.8. The molecule has 2 aromatic heterocycles. The van der Waals surface area contributed by atoms with Crippen LogP contribution in [-0.2, 0) is 7.05 Å². The fourth-order valence-electron chi connectivity index (χ4n) is 3.28. The molecule has 6 nitrogen and oxygen atoms in total. The maximum Gasteiger partial charge on any atom is 0.282 e. The summed E-state index contributed by atoms with van der Waals surface area (Å²) >= 11 is 0. The Morgan fingerprint density at radius 3 is 2.46 bits per heavy atom. The maximum absolute atomic E-state index is 13.3. The first-order valence-electron chi connectivity index (χ1n) is 8.97. The van der Waals surface area contributed by atoms with Gasteiger partial charge in [0.2, 0.25) is 0 Å². The summed E-state index contributed by atoms with van der Waals surface area (Å²) in [7, 11) is 1.79. The lowest BCUT2D eigenvalue weighted by molar-refractivity contribution is 0.0879. The zero-order chi connectivity index (χ0) is 19.5. The van der Waals surface area contributed by atoms with E-state index in [1.54, 1.807) is 36.1 Å². The number of fused-ring (bicyclic) bond motifs is 1. The van der Waals surface area contributed by atoms with Gasteiger partial charge in [0.05, 0.1) is 0 Å². The van der Waals surface area contributed by atoms with Crippen molar-refractivity contribution in [2.75, 3.05) is 0 Å². The normalized spacial score (nSPS) is 12.0. The Bertz CT molecular complexity index is 1130. The number of hydrogen-bond donors (Lipinski definition) is 3. The molecule has 28 heavy (non-hydrogen) atoms. The van der Waals surface area contributed by atoms with Crippen molar-refractivity contribution in [1.82, 2.24) is 20.4 Å². The van der Waals surface area contributed by atoms with E-state index < -0.39 is 6.04 Å². The Labute approximate surface area is 162 Å². The number of carbonyl (C=O) groups excluding carboxylic acids is 2. The molecule has 2 aromatic carbocycles. The number of nitrogens with one attached hydrogen (secondary N) is 3. The Balaban J connectivity index is 1.63. The van der Waals surface area contributed by atoms with Crippen LogP contribution in [0.1, 0.15) is 32.5 Å². The zero-order valence-electron chi connectivity index (χ0n) is 15.3. The summed E-state index contributed by atoms with van der Waals surface area (Å²) in [5, 5.41) is 0.851. The molecule has 0 bridgehead atoms. The predicted molar refractivity (Wildman–Crippen MR) is 108 cm³/mol. The molecular formula is C22H20N4O2. The number of ketones is 1. The van der Waals surface area contributed by atoms with Crippen molar-refractivity contribution in [2.24, 2.45) is 7.05 Å². The Morgan fingerprint density at radius 1 is 0.964 bits per heavy atom. The molecule has 0 saturated carbocycles. The number of aromatic nitrogens is 2. The van der Waals surface area contributed by atoms with Crippen LogP contribution in [0.3, 0.4) is 0 Å². The Morgan fingerprint density at radius 2 is 1.71 bits per heavy atom. The van der Waals surface area contributed by atoms with Crippen LogP contribution in [-0.4, -0.2) is 21.2 Å². The first-order chi connectivity index (χ1) is 13.6. The van der Waals surface area contributed by atoms with Gasteiger partial charge in [0.25, 0.3) is 5.91 Å². The van der Waals surface area contributed by atoms with Crippen LogP contribution in [0.5, 0.6) is 0 Å². The van der Waals surface area contributed by atoms with E-state index >= 15 is 0 Å². The second-order valence-electron chi connectivity index (χ2n) is 6.56. The number of aryl methyl sites for hydroxylation is 1. The molecule has 4 aromatic rings. The van der Waals surface area contributed by atoms with Gasteiger partial charge in [0.1, 0.15) is 11.7 Å². The van der Waals surface area contributed by atoms with Gasteiger partial charge < -0.3 is 9.55 Å². The molecule has 0 aliphatic carbocycles. The van der Waals surface area contributed by atoms with E-state index in [0.717, 1.165) is 16.5 Å². The van der Waals surface area contributed by atoms with Gasteiger partial charge in [-0.1, -0.05) is 48.5 Å². The molecular weight excluding hydrogens is 352 g/mol. The molecule has 2 heterocycles. The van der Waals surface area contributed by atoms with Crippen LogP contribution in [0.2, 0.25) is 0 Å². The molecule has 6 heteroatoms. The first kappa shape index (κ1) is 17.8. The lowest BCUT2D eigenvalue weighted by Gasteiger charge is -2.19. The molecule has 4 rings (SSSR count). The highest BCUT2D eigenvalue weighted by molar-refractivity contribution is 6.10. The molecule has 0 radical (unpaired) electrons. The summed E-state index contributed by atoms with van der Waals surface area (Å²) in [5.41, 5.74) is 8.34. The lowest BCUT2D eigenvalue weighted by atomic mass is 9.97. The van der Waals surface area contributed by atoms with E-state index in [-0.39, 0.29) is 11.7 Å². The van der Waals surface area contributed by atoms with Gasteiger partial charge in [-0.15, -0.1) is 0 Å². The minimum Gasteiger partial charge on any atom is -0.360 e. The third-order valence-corrected chi connectivity index (χ3v) is 4.76. The van der Waals surface area contributed by atoms with Crippen LogP contribution in [0, 0.1) is 0 Å². The second kappa shape index (κ2) is 7.54. The van der Waals surface area contributed by atoms with Crippen LogP contribution in [0.4, 0.5) is 0 Å². The highest BCUT2D eigenvalue weighted by Crippen LogP contribution is 2.24. The molecule has 0 aliphatic heterocycles. The fraction of sp³-hybridized carbons (Fsp3) is 0.0909. The van der Waals surface area contributed by atoms with E-state index in [2.05, 4.69) is 15.8 Å². The summed E-state index contributed by atoms with van der Waals surface area (Å²) < 4.78 is 1.72. The number of hydrogen-bond acceptors (Lipinski definition) is 3. The molecule has 1 amide bonds. The Kier molecular flexibility index (Phi) is 4.78. The van der Waals surface area contributed by atoms with Crippen molar-refractivity contribution < 1.29 is 9.59 Å². The van der Waals surface area contributed by atoms with Crippen LogP contribution in [0.15, 0.2) is 79.1 Å². The van der Waals surface area contributed by atoms with E-state index in [4.69, 9.17) is 0 Å². The summed E-state index contributed by atoms with van der Waals surface area (Å²) in [4.78, 5) is 29.0. The molecule has 1 atom stereocenters. The van der Waals surface area contributed by atoms with E-state index in [1.165, 1.54) is 0 Å². The minimum atomic E-state index is -0.718. The number of aromatic amines is 1. The topological polar surface area (TPSA) is 78.9 Å². The second-order valence-corrected chi connectivity index (χ2v) is 6.56. The number of carbonyl (C=O) groups is 2. The quantitative estimate of drug-likeness (QED) is 0.359. The number of amides is 1. The molecule has 3 N–H and O–H groups in total. The van der Waals surface area contributed by atoms with Crippen molar-refractivity contribution in [3.05, 3.63) is 95.9 Å². The van der Waals surface area contributed by atoms with Crippen molar-refractivity contribution >= 4 is 22.6 Å². The maximum atomic E-state index is 13.3. The van der Waals surface area contributed by atoms with Crippen LogP contribution in [0.25, 0.3) is 10.9 Å². The first-order valence-corrected chi connectivity index (χ1v) is 8.97. The van der Waals surface area contributed by atoms with E-state index in [0.29, 0.717) is 11.3 Å². The van der Waals surface area contributed by atoms with Gasteiger partial charge in [-0.05, 0) is 23.8 Å². The fourth-order valence-corrected chi connectivity index (χ4v) is 3.28. The summed E-state index contributed by atoms with van der Waals surface area (Å²) in [6.07, 6.45) is 3.50. The highest BCUT2D eigenvalue weighted by Gasteiger charge is 2.25. The van der Waals surface area contributed by atoms with Crippen molar-refractivity contribution in [3.63, 3.8) is 0 Å². The highest BCUT2D eigenvalue weighted by atomic mass is 16.2. The SMILES string of the molecule is Cn1cccc1C(=O)NN[C@@H](C(=O)c1c[nH]c2ccccc12)c1ccccc1. The van der Waals surface area contributed by atoms with E-state index in [1.807, 2.05) is 54.6 Å². The Hall–Kier alpha value is -3.64. The molecule has 140 valence electrons. The van der Waals surface area contributed by atoms with Gasteiger partial charge >= 0.3 is 0 Å². The molecule has 0 unspecified atom stereocenters. The molecule has 0 fully saturated rings. The average Bonchev–Trinajstić information content (AvgIpc) is 3.35. The van der Waals surface area contributed by atoms with E-state index in [9.17, 15) is 9.59 Å². The van der Waals surface area contributed by atoms with Gasteiger partial charge in [0.15, 0.2) is 5.78 Å². The number of rotatable bonds is 6. The summed E-state index contributed by atoms with van der Waals surface area (Å²) in [6.45, 7) is 0. The van der Waals surface area contributed by atoms with Gasteiger partial charge in [-0.3, -0.25) is 15.0 Å². The number of H-pyrrole nitrogens is 1. The molecule has 0 spiro atoms. The number of hydrazine groups is 1. The van der Waals surface area contributed by atoms with Gasteiger partial charge in [0, 0.05) is 35.9 Å². The van der Waals surface area contributed by atoms with Crippen molar-refractivity contribution in [1.29, 1.82) is 0 Å². The number of para-hydroxylation sites is 1. The largest absolute Gasteiger partial charge is 0.360 e. The number of Topliss-reactive ketones (excluding diaryl/α,β-unsaturated/α-hetero) is 1. The number of nitrogens with zero attached hydrogens (tertiary/aromatic N) is 1. The minimum absolute atomic E-state index is 0.129. The van der Waals surface area contributed by atoms with Crippen molar-refractivity contribution in [2.45, 2.75) is 6.04 Å². The monoisotopic (exact) mass is 372 g/mol. The van der Waals surface area contributed by atoms with Crippen molar-refractivity contribution in [3.8, 4) is 0 Å². The van der Waals surface area contributed by atoms with Crippen LogP contribution < -0.4 is 10.9 Å². The summed E-state index contributed by atoms with van der Waals surface area (Å²) in [5.74, 6) is -0.434. The van der Waals surface area contributed by atoms with Crippen LogP contribution >= 0.6 is 0 Å². The molecule has 0 saturated heterocycles. The third-order valence-electron chi connectivity index (χ3n) is 4.76. The average molecular weight is 372 g/mol. The standard InChI is InChI=1S/C22H20N4O2/c1-26-13-7-12-19(26)22(28)25-24-20(15-8-3-2-4-9-15)21(27)17-14-23-18-11-6-5-10-16(17)18/h2-14,20,23-24H,1H3,(H,25,28)/t20-/m1/s1.